The number of benzene rings is 1. The summed E-state index contributed by atoms with van der Waals surface area (Å²) in [5.74, 6) is -3.46. The number of amides is 1. The Labute approximate surface area is 182 Å². The molecule has 7 nitrogen and oxygen atoms in total. The zero-order chi connectivity index (χ0) is 22.4. The molecule has 1 aliphatic carbocycles. The number of carbonyl (C=O) groups is 1. The number of hydrogen-bond donors (Lipinski definition) is 0. The highest BCUT2D eigenvalue weighted by atomic mass is 35.5. The maximum Gasteiger partial charge on any atom is 0.400 e. The molecule has 1 fully saturated rings. The average molecular weight is 476 g/mol. The van der Waals surface area contributed by atoms with E-state index >= 15 is 0 Å². The van der Waals surface area contributed by atoms with Gasteiger partial charge in [0.25, 0.3) is 0 Å². The smallest absolute Gasteiger partial charge is 0.331 e. The third-order valence-electron chi connectivity index (χ3n) is 4.67. The quantitative estimate of drug-likeness (QED) is 0.380. The lowest BCUT2D eigenvalue weighted by Crippen LogP contribution is -2.48. The lowest BCUT2D eigenvalue weighted by Gasteiger charge is -2.31. The highest BCUT2D eigenvalue weighted by Crippen LogP contribution is 2.53. The third-order valence-corrected chi connectivity index (χ3v) is 5.00. The molecule has 0 saturated heterocycles. The zero-order valence-electron chi connectivity index (χ0n) is 15.3. The molecule has 0 N–H and O–H groups in total. The van der Waals surface area contributed by atoms with Gasteiger partial charge in [-0.15, -0.1) is 0 Å². The van der Waals surface area contributed by atoms with Crippen molar-refractivity contribution in [3.63, 3.8) is 0 Å². The summed E-state index contributed by atoms with van der Waals surface area (Å²) in [7, 11) is 0. The number of alkyl halides is 6. The molecule has 2 aromatic heterocycles. The minimum atomic E-state index is -4.19. The molecule has 0 radical (unpaired) electrons. The van der Waals surface area contributed by atoms with Gasteiger partial charge in [-0.25, -0.2) is 9.97 Å². The fourth-order valence-corrected chi connectivity index (χ4v) is 3.28. The summed E-state index contributed by atoms with van der Waals surface area (Å²) in [6.07, 6.45) is 2.94. The van der Waals surface area contributed by atoms with Crippen molar-refractivity contribution in [2.45, 2.75) is 29.1 Å². The Morgan fingerprint density at radius 3 is 2.16 bits per heavy atom. The Bertz CT molecular complexity index is 1100. The maximum atomic E-state index is 13.8. The topological polar surface area (TPSA) is 85.0 Å². The number of anilines is 1. The minimum Gasteiger partial charge on any atom is -0.331 e. The summed E-state index contributed by atoms with van der Waals surface area (Å²) in [6.45, 7) is 0. The highest BCUT2D eigenvalue weighted by Gasteiger charge is 2.57. The van der Waals surface area contributed by atoms with Gasteiger partial charge in [0.15, 0.2) is 0 Å². The Morgan fingerprint density at radius 1 is 1.06 bits per heavy atom. The van der Waals surface area contributed by atoms with Crippen molar-refractivity contribution >= 4 is 35.1 Å². The van der Waals surface area contributed by atoms with Crippen LogP contribution in [0, 0.1) is 0 Å². The van der Waals surface area contributed by atoms with Crippen molar-refractivity contribution in [3.8, 4) is 11.4 Å². The number of rotatable bonds is 6. The van der Waals surface area contributed by atoms with Gasteiger partial charge in [0.1, 0.15) is 0 Å². The van der Waals surface area contributed by atoms with E-state index < -0.39 is 28.1 Å². The van der Waals surface area contributed by atoms with Crippen LogP contribution in [-0.2, 0) is 15.7 Å². The van der Waals surface area contributed by atoms with E-state index in [1.807, 2.05) is 0 Å². The SMILES string of the molecule is O=C(N(c1ncc(-c2noc(C(F)(F)Cl)n2)cn1)C1(c2ccccc2)CC1)C(F)(F)Cl. The van der Waals surface area contributed by atoms with Crippen LogP contribution in [0.4, 0.5) is 23.5 Å². The van der Waals surface area contributed by atoms with Crippen LogP contribution in [0.15, 0.2) is 47.2 Å². The van der Waals surface area contributed by atoms with Gasteiger partial charge in [-0.2, -0.15) is 22.5 Å². The lowest BCUT2D eigenvalue weighted by atomic mass is 10.0. The Kier molecular flexibility index (Phi) is 5.13. The second kappa shape index (κ2) is 7.41. The summed E-state index contributed by atoms with van der Waals surface area (Å²) >= 11 is 9.86. The molecule has 3 aromatic rings. The second-order valence-corrected chi connectivity index (χ2v) is 7.68. The van der Waals surface area contributed by atoms with Gasteiger partial charge in [-0.05, 0) is 41.6 Å². The van der Waals surface area contributed by atoms with Crippen molar-refractivity contribution in [2.24, 2.45) is 0 Å². The zero-order valence-corrected chi connectivity index (χ0v) is 16.8. The van der Waals surface area contributed by atoms with E-state index in [1.165, 1.54) is 0 Å². The van der Waals surface area contributed by atoms with E-state index in [2.05, 4.69) is 24.6 Å². The molecular weight excluding hydrogens is 465 g/mol. The van der Waals surface area contributed by atoms with Gasteiger partial charge < -0.3 is 4.52 Å². The number of carbonyl (C=O) groups excluding carboxylic acids is 1. The molecule has 1 aromatic carbocycles. The molecule has 162 valence electrons. The highest BCUT2D eigenvalue weighted by molar-refractivity contribution is 6.34. The summed E-state index contributed by atoms with van der Waals surface area (Å²) < 4.78 is 58.1. The first-order valence-corrected chi connectivity index (χ1v) is 9.48. The van der Waals surface area contributed by atoms with Crippen LogP contribution in [0.3, 0.4) is 0 Å². The number of nitrogens with zero attached hydrogens (tertiary/aromatic N) is 5. The molecule has 0 aliphatic heterocycles. The van der Waals surface area contributed by atoms with E-state index in [0.717, 1.165) is 17.3 Å². The van der Waals surface area contributed by atoms with Crippen LogP contribution in [-0.4, -0.2) is 31.4 Å². The molecule has 31 heavy (non-hydrogen) atoms. The summed E-state index contributed by atoms with van der Waals surface area (Å²) in [5, 5.41) is -4.70. The Balaban J connectivity index is 1.72. The van der Waals surface area contributed by atoms with Gasteiger partial charge in [0.05, 0.1) is 11.1 Å². The van der Waals surface area contributed by atoms with Crippen LogP contribution in [0.1, 0.15) is 24.3 Å². The molecule has 0 atom stereocenters. The molecule has 13 heteroatoms. The molecule has 0 spiro atoms. The van der Waals surface area contributed by atoms with Crippen LogP contribution in [0.5, 0.6) is 0 Å². The van der Waals surface area contributed by atoms with Crippen LogP contribution in [0.2, 0.25) is 0 Å². The number of aromatic nitrogens is 4. The monoisotopic (exact) mass is 475 g/mol. The summed E-state index contributed by atoms with van der Waals surface area (Å²) in [6, 6.07) is 8.56. The minimum absolute atomic E-state index is 0.0363. The van der Waals surface area contributed by atoms with Gasteiger partial charge in [0, 0.05) is 12.4 Å². The average Bonchev–Trinajstić information content (AvgIpc) is 3.34. The van der Waals surface area contributed by atoms with Crippen molar-refractivity contribution < 1.29 is 26.9 Å². The molecule has 1 saturated carbocycles. The van der Waals surface area contributed by atoms with Crippen molar-refractivity contribution in [2.75, 3.05) is 4.90 Å². The largest absolute Gasteiger partial charge is 0.400 e. The predicted molar refractivity (Wildman–Crippen MR) is 101 cm³/mol. The predicted octanol–water partition coefficient (Wildman–Crippen LogP) is 4.67. The molecule has 1 aliphatic rings. The fraction of sp³-hybridized carbons (Fsp3) is 0.278. The van der Waals surface area contributed by atoms with E-state index in [0.29, 0.717) is 18.4 Å². The van der Waals surface area contributed by atoms with Gasteiger partial charge >= 0.3 is 22.6 Å². The van der Waals surface area contributed by atoms with E-state index in [1.54, 1.807) is 30.3 Å². The fourth-order valence-electron chi connectivity index (χ4n) is 3.12. The molecule has 4 rings (SSSR count). The Hall–Kier alpha value is -2.79. The standard InChI is InChI=1S/C18H11Cl2F4N5O2/c19-17(21,22)13-27-12(28-31-13)10-8-25-15(26-9-10)29(14(30)18(20,23)24)16(6-7-16)11-4-2-1-3-5-11/h1-5,8-9H,6-7H2. The molecule has 0 unspecified atom stereocenters. The first kappa shape index (κ1) is 21.4. The third kappa shape index (κ3) is 4.07. The second-order valence-electron chi connectivity index (χ2n) is 6.73. The normalized spacial score (nSPS) is 15.5. The van der Waals surface area contributed by atoms with Gasteiger partial charge in [0.2, 0.25) is 11.8 Å². The van der Waals surface area contributed by atoms with E-state index in [9.17, 15) is 22.4 Å². The van der Waals surface area contributed by atoms with Crippen LogP contribution >= 0.6 is 23.2 Å². The van der Waals surface area contributed by atoms with Crippen molar-refractivity contribution in [1.29, 1.82) is 0 Å². The van der Waals surface area contributed by atoms with Crippen LogP contribution in [0.25, 0.3) is 11.4 Å². The van der Waals surface area contributed by atoms with Crippen molar-refractivity contribution in [3.05, 3.63) is 54.2 Å². The lowest BCUT2D eigenvalue weighted by molar-refractivity contribution is -0.133. The molecular formula is C18H11Cl2F4N5O2. The van der Waals surface area contributed by atoms with E-state index in [4.69, 9.17) is 23.2 Å². The maximum absolute atomic E-state index is 13.8. The van der Waals surface area contributed by atoms with E-state index in [-0.39, 0.29) is 17.3 Å². The first-order chi connectivity index (χ1) is 14.5. The molecule has 1 amide bonds. The molecule has 2 heterocycles. The van der Waals surface area contributed by atoms with Gasteiger partial charge in [-0.1, -0.05) is 35.5 Å². The van der Waals surface area contributed by atoms with Crippen molar-refractivity contribution in [1.82, 2.24) is 20.1 Å². The summed E-state index contributed by atoms with van der Waals surface area (Å²) in [5.41, 5.74) is -0.434. The first-order valence-electron chi connectivity index (χ1n) is 8.73. The molecule has 0 bridgehead atoms. The number of halogens is 6. The van der Waals surface area contributed by atoms with Gasteiger partial charge in [-0.3, -0.25) is 9.69 Å². The Morgan fingerprint density at radius 2 is 1.68 bits per heavy atom. The van der Waals surface area contributed by atoms with Crippen LogP contribution < -0.4 is 4.90 Å². The number of hydrogen-bond acceptors (Lipinski definition) is 6. The summed E-state index contributed by atoms with van der Waals surface area (Å²) in [4.78, 5) is 24.6.